The van der Waals surface area contributed by atoms with Gasteiger partial charge in [0.2, 0.25) is 6.79 Å². The lowest BCUT2D eigenvalue weighted by atomic mass is 9.97. The Balaban J connectivity index is 1.70. The Labute approximate surface area is 133 Å². The van der Waals surface area contributed by atoms with E-state index in [2.05, 4.69) is 13.8 Å². The van der Waals surface area contributed by atoms with Crippen molar-refractivity contribution in [3.8, 4) is 11.5 Å². The Kier molecular flexibility index (Phi) is 4.34. The van der Waals surface area contributed by atoms with E-state index in [1.54, 1.807) is 11.3 Å². The zero-order chi connectivity index (χ0) is 15.5. The zero-order valence-electron chi connectivity index (χ0n) is 12.6. The summed E-state index contributed by atoms with van der Waals surface area (Å²) in [4.78, 5) is 12.9. The van der Waals surface area contributed by atoms with Crippen LogP contribution in [0.25, 0.3) is 0 Å². The van der Waals surface area contributed by atoms with Crippen molar-refractivity contribution in [3.05, 3.63) is 45.6 Å². The molecule has 116 valence electrons. The molecule has 0 atom stereocenters. The van der Waals surface area contributed by atoms with Crippen LogP contribution in [0.4, 0.5) is 0 Å². The number of esters is 1. The van der Waals surface area contributed by atoms with E-state index in [0.29, 0.717) is 18.1 Å². The molecule has 0 spiro atoms. The van der Waals surface area contributed by atoms with Gasteiger partial charge in [-0.1, -0.05) is 19.9 Å². The van der Waals surface area contributed by atoms with Gasteiger partial charge in [-0.05, 0) is 40.6 Å². The molecule has 3 rings (SSSR count). The summed E-state index contributed by atoms with van der Waals surface area (Å²) in [5.74, 6) is 1.58. The Hall–Kier alpha value is -2.01. The van der Waals surface area contributed by atoms with Gasteiger partial charge in [0.15, 0.2) is 11.5 Å². The van der Waals surface area contributed by atoms with Crippen molar-refractivity contribution in [2.24, 2.45) is 0 Å². The summed E-state index contributed by atoms with van der Waals surface area (Å²) >= 11 is 1.56. The number of ether oxygens (including phenoxy) is 3. The zero-order valence-corrected chi connectivity index (χ0v) is 13.4. The second-order valence-corrected chi connectivity index (χ2v) is 6.51. The molecule has 0 unspecified atom stereocenters. The molecule has 1 aliphatic heterocycles. The van der Waals surface area contributed by atoms with Crippen LogP contribution in [0.15, 0.2) is 29.6 Å². The van der Waals surface area contributed by atoms with Crippen molar-refractivity contribution >= 4 is 17.3 Å². The first-order chi connectivity index (χ1) is 10.6. The molecule has 0 bridgehead atoms. The molecule has 0 N–H and O–H groups in total. The first kappa shape index (κ1) is 14.9. The van der Waals surface area contributed by atoms with Gasteiger partial charge < -0.3 is 14.2 Å². The van der Waals surface area contributed by atoms with Gasteiger partial charge in [0, 0.05) is 4.88 Å². The normalized spacial score (nSPS) is 12.7. The fraction of sp³-hybridized carbons (Fsp3) is 0.353. The summed E-state index contributed by atoms with van der Waals surface area (Å²) in [5, 5.41) is 1.96. The van der Waals surface area contributed by atoms with Crippen LogP contribution in [0, 0.1) is 0 Å². The summed E-state index contributed by atoms with van der Waals surface area (Å²) < 4.78 is 16.2. The van der Waals surface area contributed by atoms with E-state index in [4.69, 9.17) is 14.2 Å². The maximum absolute atomic E-state index is 11.9. The number of hydrogen-bond acceptors (Lipinski definition) is 5. The van der Waals surface area contributed by atoms with Crippen molar-refractivity contribution in [3.63, 3.8) is 0 Å². The van der Waals surface area contributed by atoms with Gasteiger partial charge in [-0.25, -0.2) is 0 Å². The second-order valence-electron chi connectivity index (χ2n) is 5.48. The van der Waals surface area contributed by atoms with E-state index in [1.165, 1.54) is 0 Å². The van der Waals surface area contributed by atoms with Crippen LogP contribution in [0.5, 0.6) is 11.5 Å². The molecule has 0 saturated heterocycles. The number of benzene rings is 1. The smallest absolute Gasteiger partial charge is 0.311 e. The van der Waals surface area contributed by atoms with Gasteiger partial charge in [0.05, 0.1) is 6.42 Å². The van der Waals surface area contributed by atoms with Crippen molar-refractivity contribution in [1.82, 2.24) is 0 Å². The largest absolute Gasteiger partial charge is 0.461 e. The molecule has 0 fully saturated rings. The van der Waals surface area contributed by atoms with Crippen LogP contribution in [0.2, 0.25) is 0 Å². The molecule has 0 saturated carbocycles. The van der Waals surface area contributed by atoms with E-state index in [-0.39, 0.29) is 19.4 Å². The Morgan fingerprint density at radius 3 is 2.77 bits per heavy atom. The number of fused-ring (bicyclic) bond motifs is 1. The molecular weight excluding hydrogens is 300 g/mol. The van der Waals surface area contributed by atoms with Gasteiger partial charge in [-0.3, -0.25) is 4.79 Å². The number of carbonyl (C=O) groups excluding carboxylic acids is 1. The standard InChI is InChI=1S/C17H18O4S/c1-11(2)14-8-16-15(20-10-21-16)6-12(14)9-19-17(18)7-13-4-3-5-22-13/h3-6,8,11H,7,9-10H2,1-2H3. The van der Waals surface area contributed by atoms with Crippen LogP contribution in [-0.4, -0.2) is 12.8 Å². The first-order valence-corrected chi connectivity index (χ1v) is 8.12. The Morgan fingerprint density at radius 2 is 2.09 bits per heavy atom. The lowest BCUT2D eigenvalue weighted by Crippen LogP contribution is -2.08. The molecular formula is C17H18O4S. The van der Waals surface area contributed by atoms with Gasteiger partial charge in [-0.15, -0.1) is 11.3 Å². The summed E-state index contributed by atoms with van der Waals surface area (Å²) in [7, 11) is 0. The Bertz CT molecular complexity index is 662. The predicted octanol–water partition coefficient (Wildman–Crippen LogP) is 3.89. The average Bonchev–Trinajstić information content (AvgIpc) is 3.14. The van der Waals surface area contributed by atoms with E-state index in [0.717, 1.165) is 21.8 Å². The van der Waals surface area contributed by atoms with E-state index in [9.17, 15) is 4.79 Å². The highest BCUT2D eigenvalue weighted by Gasteiger charge is 2.19. The van der Waals surface area contributed by atoms with Gasteiger partial charge in [0.1, 0.15) is 6.61 Å². The third-order valence-electron chi connectivity index (χ3n) is 3.54. The number of carbonyl (C=O) groups is 1. The highest BCUT2D eigenvalue weighted by Crippen LogP contribution is 2.37. The lowest BCUT2D eigenvalue weighted by Gasteiger charge is -2.14. The van der Waals surface area contributed by atoms with Gasteiger partial charge in [-0.2, -0.15) is 0 Å². The van der Waals surface area contributed by atoms with E-state index < -0.39 is 0 Å². The summed E-state index contributed by atoms with van der Waals surface area (Å²) in [5.41, 5.74) is 2.09. The maximum atomic E-state index is 11.9. The van der Waals surface area contributed by atoms with Crippen molar-refractivity contribution in [1.29, 1.82) is 0 Å². The van der Waals surface area contributed by atoms with Gasteiger partial charge in [0.25, 0.3) is 0 Å². The fourth-order valence-corrected chi connectivity index (χ4v) is 3.12. The molecule has 5 heteroatoms. The SMILES string of the molecule is CC(C)c1cc2c(cc1COC(=O)Cc1cccs1)OCO2. The van der Waals surface area contributed by atoms with Crippen molar-refractivity contribution in [2.75, 3.05) is 6.79 Å². The average molecular weight is 318 g/mol. The topological polar surface area (TPSA) is 44.8 Å². The molecule has 22 heavy (non-hydrogen) atoms. The molecule has 0 radical (unpaired) electrons. The minimum absolute atomic E-state index is 0.213. The molecule has 2 aromatic rings. The van der Waals surface area contributed by atoms with Gasteiger partial charge >= 0.3 is 5.97 Å². The molecule has 1 aromatic heterocycles. The molecule has 1 aromatic carbocycles. The molecule has 1 aliphatic rings. The monoisotopic (exact) mass is 318 g/mol. The summed E-state index contributed by atoms with van der Waals surface area (Å²) in [6.45, 7) is 4.71. The maximum Gasteiger partial charge on any atom is 0.311 e. The molecule has 0 amide bonds. The van der Waals surface area contributed by atoms with Crippen LogP contribution in [-0.2, 0) is 22.6 Å². The Morgan fingerprint density at radius 1 is 1.32 bits per heavy atom. The highest BCUT2D eigenvalue weighted by atomic mass is 32.1. The number of hydrogen-bond donors (Lipinski definition) is 0. The third kappa shape index (κ3) is 3.25. The third-order valence-corrected chi connectivity index (χ3v) is 4.42. The van der Waals surface area contributed by atoms with Crippen molar-refractivity contribution < 1.29 is 19.0 Å². The first-order valence-electron chi connectivity index (χ1n) is 7.24. The number of thiophene rings is 1. The highest BCUT2D eigenvalue weighted by molar-refractivity contribution is 7.10. The summed E-state index contributed by atoms with van der Waals surface area (Å²) in [6.07, 6.45) is 0.319. The predicted molar refractivity (Wildman–Crippen MR) is 84.5 cm³/mol. The summed E-state index contributed by atoms with van der Waals surface area (Å²) in [6, 6.07) is 7.76. The van der Waals surface area contributed by atoms with Crippen LogP contribution in [0.3, 0.4) is 0 Å². The number of rotatable bonds is 5. The molecule has 0 aliphatic carbocycles. The molecule has 4 nitrogen and oxygen atoms in total. The molecule has 2 heterocycles. The van der Waals surface area contributed by atoms with Crippen LogP contribution < -0.4 is 9.47 Å². The van der Waals surface area contributed by atoms with E-state index in [1.807, 2.05) is 29.6 Å². The minimum Gasteiger partial charge on any atom is -0.461 e. The quantitative estimate of drug-likeness (QED) is 0.785. The lowest BCUT2D eigenvalue weighted by molar-refractivity contribution is -0.144. The van der Waals surface area contributed by atoms with Crippen LogP contribution >= 0.6 is 11.3 Å². The van der Waals surface area contributed by atoms with Crippen molar-refractivity contribution in [2.45, 2.75) is 32.8 Å². The van der Waals surface area contributed by atoms with E-state index >= 15 is 0 Å². The minimum atomic E-state index is -0.213. The second kappa shape index (κ2) is 6.40. The van der Waals surface area contributed by atoms with Crippen LogP contribution in [0.1, 0.15) is 35.8 Å². The fourth-order valence-electron chi connectivity index (χ4n) is 2.43.